The van der Waals surface area contributed by atoms with E-state index in [-0.39, 0.29) is 5.88 Å². The first-order valence-electron chi connectivity index (χ1n) is 4.24. The van der Waals surface area contributed by atoms with Crippen molar-refractivity contribution in [2.45, 2.75) is 11.3 Å². The van der Waals surface area contributed by atoms with Crippen LogP contribution < -0.4 is 14.6 Å². The van der Waals surface area contributed by atoms with Crippen molar-refractivity contribution in [3.63, 3.8) is 0 Å². The molecule has 6 nitrogen and oxygen atoms in total. The molecule has 1 aromatic rings. The van der Waals surface area contributed by atoms with Crippen LogP contribution in [0.5, 0.6) is 11.6 Å². The normalized spacial score (nSPS) is 11.6. The predicted octanol–water partition coefficient (Wildman–Crippen LogP) is 0.684. The number of pyridine rings is 1. The van der Waals surface area contributed by atoms with Crippen LogP contribution in [0.15, 0.2) is 11.1 Å². The van der Waals surface area contributed by atoms with Gasteiger partial charge in [0.2, 0.25) is 10.0 Å². The topological polar surface area (TPSA) is 91.5 Å². The van der Waals surface area contributed by atoms with E-state index < -0.39 is 32.7 Å². The predicted molar refractivity (Wildman–Crippen MR) is 53.7 cm³/mol. The van der Waals surface area contributed by atoms with E-state index in [2.05, 4.69) is 14.5 Å². The zero-order chi connectivity index (χ0) is 13.2. The second-order valence-corrected chi connectivity index (χ2v) is 4.45. The van der Waals surface area contributed by atoms with Crippen LogP contribution in [0.3, 0.4) is 0 Å². The molecule has 0 aliphatic rings. The number of methoxy groups -OCH3 is 2. The molecule has 0 unspecified atom stereocenters. The van der Waals surface area contributed by atoms with Gasteiger partial charge in [0, 0.05) is 0 Å². The Bertz CT molecular complexity index is 519. The minimum atomic E-state index is -4.31. The van der Waals surface area contributed by atoms with Crippen molar-refractivity contribution in [1.29, 1.82) is 0 Å². The molecule has 0 saturated heterocycles. The molecule has 0 aromatic carbocycles. The summed E-state index contributed by atoms with van der Waals surface area (Å²) in [5, 5.41) is 4.81. The third-order valence-electron chi connectivity index (χ3n) is 1.93. The average molecular weight is 268 g/mol. The molecule has 0 saturated carbocycles. The van der Waals surface area contributed by atoms with E-state index in [0.717, 1.165) is 7.11 Å². The van der Waals surface area contributed by atoms with Crippen LogP contribution in [-0.2, 0) is 10.0 Å². The van der Waals surface area contributed by atoms with Crippen LogP contribution in [-0.4, -0.2) is 27.6 Å². The minimum absolute atomic E-state index is 0.241. The van der Waals surface area contributed by atoms with Crippen LogP contribution in [0.25, 0.3) is 0 Å². The maximum atomic E-state index is 12.8. The third-order valence-corrected chi connectivity index (χ3v) is 2.86. The van der Waals surface area contributed by atoms with Crippen molar-refractivity contribution in [2.75, 3.05) is 14.2 Å². The first-order valence-corrected chi connectivity index (χ1v) is 5.79. The maximum absolute atomic E-state index is 12.8. The number of rotatable bonds is 4. The largest absolute Gasteiger partial charge is 0.491 e. The average Bonchev–Trinajstić information content (AvgIpc) is 2.25. The molecule has 1 rings (SSSR count). The summed E-state index contributed by atoms with van der Waals surface area (Å²) in [7, 11) is -2.03. The Labute approximate surface area is 96.4 Å². The van der Waals surface area contributed by atoms with Crippen molar-refractivity contribution in [3.8, 4) is 11.6 Å². The molecule has 1 aromatic heterocycles. The van der Waals surface area contributed by atoms with Gasteiger partial charge in [-0.2, -0.15) is 0 Å². The first-order chi connectivity index (χ1) is 7.82. The minimum Gasteiger partial charge on any atom is -0.491 e. The Morgan fingerprint density at radius 1 is 1.35 bits per heavy atom. The molecule has 0 amide bonds. The van der Waals surface area contributed by atoms with E-state index in [1.807, 2.05) is 0 Å². The summed E-state index contributed by atoms with van der Waals surface area (Å²) in [6.07, 6.45) is -2.38. The van der Waals surface area contributed by atoms with Crippen LogP contribution in [0.2, 0.25) is 0 Å². The summed E-state index contributed by atoms with van der Waals surface area (Å²) in [4.78, 5) is 2.75. The number of hydrogen-bond donors (Lipinski definition) is 1. The number of halogens is 2. The Hall–Kier alpha value is -1.48. The van der Waals surface area contributed by atoms with Gasteiger partial charge >= 0.3 is 0 Å². The smallest absolute Gasteiger partial charge is 0.269 e. The summed E-state index contributed by atoms with van der Waals surface area (Å²) in [5.74, 6) is -0.691. The second-order valence-electron chi connectivity index (χ2n) is 2.92. The van der Waals surface area contributed by atoms with Gasteiger partial charge in [0.1, 0.15) is 4.90 Å². The number of primary sulfonamides is 1. The van der Waals surface area contributed by atoms with Crippen molar-refractivity contribution >= 4 is 10.0 Å². The lowest BCUT2D eigenvalue weighted by atomic mass is 10.2. The molecule has 0 spiro atoms. The van der Waals surface area contributed by atoms with Crippen LogP contribution in [0, 0.1) is 0 Å². The zero-order valence-corrected chi connectivity index (χ0v) is 9.79. The van der Waals surface area contributed by atoms with E-state index in [1.54, 1.807) is 0 Å². The van der Waals surface area contributed by atoms with Crippen LogP contribution in [0.1, 0.15) is 12.0 Å². The molecule has 17 heavy (non-hydrogen) atoms. The molecule has 0 radical (unpaired) electrons. The van der Waals surface area contributed by atoms with E-state index in [9.17, 15) is 17.2 Å². The van der Waals surface area contributed by atoms with Gasteiger partial charge in [-0.05, 0) is 0 Å². The van der Waals surface area contributed by atoms with Crippen molar-refractivity contribution in [1.82, 2.24) is 4.98 Å². The van der Waals surface area contributed by atoms with Crippen molar-refractivity contribution in [3.05, 3.63) is 11.8 Å². The van der Waals surface area contributed by atoms with Gasteiger partial charge in [0.15, 0.2) is 5.75 Å². The van der Waals surface area contributed by atoms with E-state index in [4.69, 9.17) is 5.14 Å². The fourth-order valence-corrected chi connectivity index (χ4v) is 1.94. The third kappa shape index (κ3) is 2.61. The molecule has 1 heterocycles. The van der Waals surface area contributed by atoms with Gasteiger partial charge < -0.3 is 9.47 Å². The molecule has 0 aliphatic carbocycles. The summed E-state index contributed by atoms with van der Waals surface area (Å²) in [5.41, 5.74) is -0.859. The molecular formula is C8H10F2N2O4S. The number of hydrogen-bond acceptors (Lipinski definition) is 5. The van der Waals surface area contributed by atoms with Crippen molar-refractivity contribution in [2.24, 2.45) is 5.14 Å². The number of aromatic nitrogens is 1. The molecule has 0 atom stereocenters. The zero-order valence-electron chi connectivity index (χ0n) is 8.98. The van der Waals surface area contributed by atoms with E-state index >= 15 is 0 Å². The Kier molecular flexibility index (Phi) is 3.83. The number of nitrogens with zero attached hydrogens (tertiary/aromatic N) is 1. The molecule has 9 heteroatoms. The number of ether oxygens (including phenoxy) is 2. The van der Waals surface area contributed by atoms with Gasteiger partial charge in [0.05, 0.1) is 26.0 Å². The highest BCUT2D eigenvalue weighted by Crippen LogP contribution is 2.39. The van der Waals surface area contributed by atoms with Crippen molar-refractivity contribution < 1.29 is 26.7 Å². The van der Waals surface area contributed by atoms with Gasteiger partial charge in [0.25, 0.3) is 12.3 Å². The Morgan fingerprint density at radius 2 is 1.94 bits per heavy atom. The quantitative estimate of drug-likeness (QED) is 0.867. The summed E-state index contributed by atoms with van der Waals surface area (Å²) < 4.78 is 57.3. The van der Waals surface area contributed by atoms with Gasteiger partial charge in [-0.15, -0.1) is 0 Å². The molecule has 0 aliphatic heterocycles. The lowest BCUT2D eigenvalue weighted by Gasteiger charge is -2.13. The molecular weight excluding hydrogens is 258 g/mol. The molecule has 0 bridgehead atoms. The lowest BCUT2D eigenvalue weighted by Crippen LogP contribution is -2.16. The monoisotopic (exact) mass is 268 g/mol. The number of nitrogens with two attached hydrogens (primary N) is 1. The first kappa shape index (κ1) is 13.6. The van der Waals surface area contributed by atoms with Crippen LogP contribution in [0.4, 0.5) is 8.78 Å². The second kappa shape index (κ2) is 4.80. The highest BCUT2D eigenvalue weighted by Gasteiger charge is 2.28. The molecule has 96 valence electrons. The highest BCUT2D eigenvalue weighted by atomic mass is 32.2. The fourth-order valence-electron chi connectivity index (χ4n) is 1.25. The van der Waals surface area contributed by atoms with Gasteiger partial charge in [-0.25, -0.2) is 27.3 Å². The Balaban J connectivity index is 3.66. The van der Waals surface area contributed by atoms with Gasteiger partial charge in [-0.3, -0.25) is 0 Å². The van der Waals surface area contributed by atoms with Crippen LogP contribution >= 0.6 is 0 Å². The molecule has 0 fully saturated rings. The SMILES string of the molecule is COc1ncc(S(N)(=O)=O)c(C(F)F)c1OC. The number of alkyl halides is 2. The highest BCUT2D eigenvalue weighted by molar-refractivity contribution is 7.89. The number of sulfonamides is 1. The fraction of sp³-hybridized carbons (Fsp3) is 0.375. The van der Waals surface area contributed by atoms with Gasteiger partial charge in [-0.1, -0.05) is 0 Å². The summed E-state index contributed by atoms with van der Waals surface area (Å²) in [6, 6.07) is 0. The Morgan fingerprint density at radius 3 is 2.29 bits per heavy atom. The molecule has 2 N–H and O–H groups in total. The summed E-state index contributed by atoms with van der Waals surface area (Å²) >= 11 is 0. The standard InChI is InChI=1S/C8H10F2N2O4S/c1-15-6-5(7(9)10)4(17(11,13)14)3-12-8(6)16-2/h3,7H,1-2H3,(H2,11,13,14). The maximum Gasteiger partial charge on any atom is 0.269 e. The summed E-state index contributed by atoms with van der Waals surface area (Å²) in [6.45, 7) is 0. The lowest BCUT2D eigenvalue weighted by molar-refractivity contribution is 0.142. The van der Waals surface area contributed by atoms with E-state index in [1.165, 1.54) is 7.11 Å². The van der Waals surface area contributed by atoms with E-state index in [0.29, 0.717) is 6.20 Å².